The summed E-state index contributed by atoms with van der Waals surface area (Å²) in [6, 6.07) is 58.5. The second-order valence-corrected chi connectivity index (χ2v) is 18.2. The van der Waals surface area contributed by atoms with Gasteiger partial charge in [0.15, 0.2) is 5.82 Å². The Hall–Kier alpha value is -6.58. The van der Waals surface area contributed by atoms with Gasteiger partial charge >= 0.3 is 0 Å². The summed E-state index contributed by atoms with van der Waals surface area (Å²) in [4.78, 5) is 10.1. The number of aromatic nitrogens is 2. The Labute approximate surface area is 357 Å². The van der Waals surface area contributed by atoms with Gasteiger partial charge in [-0.15, -0.1) is 0 Å². The third-order valence-electron chi connectivity index (χ3n) is 15.1. The first-order valence-corrected chi connectivity index (χ1v) is 22.6. The molecule has 2 spiro atoms. The van der Waals surface area contributed by atoms with Gasteiger partial charge in [-0.05, 0) is 117 Å². The molecule has 0 unspecified atom stereocenters. The molecule has 7 aromatic carbocycles. The highest BCUT2D eigenvalue weighted by Crippen LogP contribution is 2.62. The van der Waals surface area contributed by atoms with Crippen molar-refractivity contribution in [1.29, 1.82) is 0 Å². The van der Waals surface area contributed by atoms with Crippen molar-refractivity contribution in [2.45, 2.75) is 75.0 Å². The van der Waals surface area contributed by atoms with Gasteiger partial charge in [-0.2, -0.15) is 4.98 Å². The van der Waals surface area contributed by atoms with E-state index in [2.05, 4.69) is 133 Å². The molecule has 0 atom stereocenters. The lowest BCUT2D eigenvalue weighted by Crippen LogP contribution is -2.29. The molecule has 0 saturated heterocycles. The van der Waals surface area contributed by atoms with Crippen LogP contribution in [-0.2, 0) is 10.8 Å². The van der Waals surface area contributed by atoms with Crippen LogP contribution in [0.25, 0.3) is 89.2 Å². The Bertz CT molecular complexity index is 3180. The molecule has 61 heavy (non-hydrogen) atoms. The predicted octanol–water partition coefficient (Wildman–Crippen LogP) is 15.5. The van der Waals surface area contributed by atoms with Crippen molar-refractivity contribution in [3.63, 3.8) is 0 Å². The van der Waals surface area contributed by atoms with Gasteiger partial charge in [-0.25, -0.2) is 4.98 Å². The SMILES string of the molecule is c1ccc(-c2nc(-c3ccc(-c4ccc(-c5ccc6c(c5)C5(CCCCC5)c5cc7c(cc5-6)C5(CCCCC5)c5ccccc5-7)cc4)cc3)nc3oc4ccccc4c23)cc1. The average molecular weight is 787 g/mol. The van der Waals surface area contributed by atoms with E-state index in [1.165, 1.54) is 109 Å². The first kappa shape index (κ1) is 35.2. The molecular weight excluding hydrogens is 741 g/mol. The Balaban J connectivity index is 0.838. The number of hydrogen-bond donors (Lipinski definition) is 0. The predicted molar refractivity (Wildman–Crippen MR) is 250 cm³/mol. The summed E-state index contributed by atoms with van der Waals surface area (Å²) >= 11 is 0. The van der Waals surface area contributed by atoms with Gasteiger partial charge in [0.2, 0.25) is 5.71 Å². The second-order valence-electron chi connectivity index (χ2n) is 18.2. The van der Waals surface area contributed by atoms with Gasteiger partial charge < -0.3 is 4.42 Å². The van der Waals surface area contributed by atoms with Gasteiger partial charge in [0.1, 0.15) is 5.58 Å². The van der Waals surface area contributed by atoms with E-state index in [0.717, 1.165) is 33.2 Å². The van der Waals surface area contributed by atoms with E-state index in [4.69, 9.17) is 14.4 Å². The Morgan fingerprint density at radius 3 is 1.59 bits per heavy atom. The van der Waals surface area contributed by atoms with E-state index in [1.807, 2.05) is 24.3 Å². The highest BCUT2D eigenvalue weighted by atomic mass is 16.3. The fourth-order valence-corrected chi connectivity index (χ4v) is 12.2. The summed E-state index contributed by atoms with van der Waals surface area (Å²) in [5, 5.41) is 1.98. The molecule has 0 N–H and O–H groups in total. The summed E-state index contributed by atoms with van der Waals surface area (Å²) in [6.07, 6.45) is 13.0. The lowest BCUT2D eigenvalue weighted by atomic mass is 9.66. The first-order chi connectivity index (χ1) is 30.2. The Kier molecular flexibility index (Phi) is 7.77. The summed E-state index contributed by atoms with van der Waals surface area (Å²) in [5.41, 5.74) is 21.9. The maximum absolute atomic E-state index is 6.29. The van der Waals surface area contributed by atoms with Crippen molar-refractivity contribution >= 4 is 22.1 Å². The fourth-order valence-electron chi connectivity index (χ4n) is 12.2. The highest BCUT2D eigenvalue weighted by Gasteiger charge is 2.49. The molecule has 3 nitrogen and oxygen atoms in total. The van der Waals surface area contributed by atoms with Crippen molar-refractivity contribution in [3.05, 3.63) is 180 Å². The average Bonchev–Trinajstić information content (AvgIpc) is 3.93. The molecule has 294 valence electrons. The van der Waals surface area contributed by atoms with Crippen molar-refractivity contribution in [1.82, 2.24) is 9.97 Å². The van der Waals surface area contributed by atoms with Crippen LogP contribution in [0.3, 0.4) is 0 Å². The highest BCUT2D eigenvalue weighted by molar-refractivity contribution is 6.10. The van der Waals surface area contributed by atoms with Crippen LogP contribution in [0, 0.1) is 0 Å². The minimum atomic E-state index is 0.0907. The van der Waals surface area contributed by atoms with Gasteiger partial charge in [0.05, 0.1) is 11.1 Å². The van der Waals surface area contributed by atoms with Gasteiger partial charge in [-0.1, -0.05) is 172 Å². The normalized spacial score (nSPS) is 16.8. The summed E-state index contributed by atoms with van der Waals surface area (Å²) in [6.45, 7) is 0. The zero-order valence-electron chi connectivity index (χ0n) is 34.4. The van der Waals surface area contributed by atoms with Gasteiger partial charge in [0, 0.05) is 27.3 Å². The number of fused-ring (bicyclic) bond motifs is 13. The molecule has 0 amide bonds. The minimum absolute atomic E-state index is 0.0907. The third-order valence-corrected chi connectivity index (χ3v) is 15.1. The van der Waals surface area contributed by atoms with E-state index >= 15 is 0 Å². The molecule has 4 aliphatic rings. The molecule has 0 bridgehead atoms. The number of rotatable bonds is 4. The zero-order chi connectivity index (χ0) is 40.1. The fraction of sp³-hybridized carbons (Fsp3) is 0.207. The molecule has 4 aliphatic carbocycles. The molecule has 0 radical (unpaired) electrons. The number of nitrogens with zero attached hydrogens (tertiary/aromatic N) is 2. The summed E-state index contributed by atoms with van der Waals surface area (Å²) < 4.78 is 6.29. The van der Waals surface area contributed by atoms with Crippen LogP contribution in [0.15, 0.2) is 162 Å². The van der Waals surface area contributed by atoms with Crippen molar-refractivity contribution in [3.8, 4) is 67.2 Å². The number of furan rings is 1. The van der Waals surface area contributed by atoms with Crippen molar-refractivity contribution < 1.29 is 4.42 Å². The van der Waals surface area contributed by atoms with Crippen LogP contribution in [0.1, 0.15) is 86.5 Å². The molecule has 2 heterocycles. The van der Waals surface area contributed by atoms with Crippen LogP contribution < -0.4 is 0 Å². The van der Waals surface area contributed by atoms with Crippen LogP contribution in [0.5, 0.6) is 0 Å². The van der Waals surface area contributed by atoms with E-state index in [-0.39, 0.29) is 10.8 Å². The zero-order valence-corrected chi connectivity index (χ0v) is 34.4. The number of hydrogen-bond acceptors (Lipinski definition) is 3. The van der Waals surface area contributed by atoms with E-state index in [9.17, 15) is 0 Å². The summed E-state index contributed by atoms with van der Waals surface area (Å²) in [5.74, 6) is 0.657. The van der Waals surface area contributed by atoms with Crippen LogP contribution >= 0.6 is 0 Å². The first-order valence-electron chi connectivity index (χ1n) is 22.6. The topological polar surface area (TPSA) is 38.9 Å². The van der Waals surface area contributed by atoms with Crippen molar-refractivity contribution in [2.24, 2.45) is 0 Å². The van der Waals surface area contributed by atoms with Gasteiger partial charge in [-0.3, -0.25) is 0 Å². The Morgan fingerprint density at radius 1 is 0.377 bits per heavy atom. The summed E-state index contributed by atoms with van der Waals surface area (Å²) in [7, 11) is 0. The smallest absolute Gasteiger partial charge is 0.231 e. The molecule has 13 rings (SSSR count). The molecule has 2 aromatic heterocycles. The lowest BCUT2D eigenvalue weighted by Gasteiger charge is -2.37. The van der Waals surface area contributed by atoms with E-state index in [0.29, 0.717) is 11.5 Å². The molecule has 3 heteroatoms. The standard InChI is InChI=1S/C58H46N2O/c1-4-14-40(15-5-1)54-53-45-17-7-9-19-52(45)61-56(53)60-55(59-54)41-26-24-38(25-27-41)37-20-22-39(23-21-37)42-28-29-44-47-36-50-46(35-51(47)58(49(44)34-42)32-12-3-13-33-58)43-16-6-8-18-48(43)57(50)30-10-2-11-31-57/h1,4-9,14-29,34-36H,2-3,10-13,30-33H2. The maximum atomic E-state index is 6.29. The van der Waals surface area contributed by atoms with E-state index < -0.39 is 0 Å². The van der Waals surface area contributed by atoms with Crippen LogP contribution in [0.4, 0.5) is 0 Å². The van der Waals surface area contributed by atoms with Crippen molar-refractivity contribution in [2.75, 3.05) is 0 Å². The van der Waals surface area contributed by atoms with Gasteiger partial charge in [0.25, 0.3) is 0 Å². The van der Waals surface area contributed by atoms with Crippen LogP contribution in [-0.4, -0.2) is 9.97 Å². The molecule has 2 saturated carbocycles. The maximum Gasteiger partial charge on any atom is 0.231 e. The Morgan fingerprint density at radius 2 is 0.902 bits per heavy atom. The molecule has 9 aromatic rings. The quantitative estimate of drug-likeness (QED) is 0.178. The minimum Gasteiger partial charge on any atom is -0.438 e. The monoisotopic (exact) mass is 786 g/mol. The lowest BCUT2D eigenvalue weighted by molar-refractivity contribution is 0.350. The number of para-hydroxylation sites is 1. The second kappa shape index (κ2) is 13.5. The van der Waals surface area contributed by atoms with Crippen LogP contribution in [0.2, 0.25) is 0 Å². The third kappa shape index (κ3) is 5.22. The largest absolute Gasteiger partial charge is 0.438 e. The molecule has 2 fully saturated rings. The molecular formula is C58H46N2O. The molecule has 0 aliphatic heterocycles. The van der Waals surface area contributed by atoms with E-state index in [1.54, 1.807) is 22.3 Å². The number of benzene rings is 7.